The lowest BCUT2D eigenvalue weighted by Crippen LogP contribution is -2.16. The Hall–Kier alpha value is -3.86. The minimum atomic E-state index is -0.667. The molecular weight excluding hydrogens is 392 g/mol. The lowest BCUT2D eigenvalue weighted by Gasteiger charge is -2.12. The summed E-state index contributed by atoms with van der Waals surface area (Å²) in [6.07, 6.45) is 1.51. The molecule has 0 bridgehead atoms. The van der Waals surface area contributed by atoms with Gasteiger partial charge >= 0.3 is 5.97 Å². The average Bonchev–Trinajstić information content (AvgIpc) is 2.82. The molecule has 0 heterocycles. The molecule has 0 aliphatic heterocycles. The van der Waals surface area contributed by atoms with Crippen molar-refractivity contribution in [2.24, 2.45) is 0 Å². The molecule has 0 saturated carbocycles. The van der Waals surface area contributed by atoms with E-state index in [-0.39, 0.29) is 12.2 Å². The fourth-order valence-electron chi connectivity index (χ4n) is 2.97. The molecule has 0 saturated heterocycles. The standard InChI is InChI=1S/C26H24O5/c1-3-30-26(28)22(25(27)21-12-8-5-9-13-21)16-20-14-15-23(24(17-20)29-2)31-18-19-10-6-4-7-11-19/h4-17H,3,18H2,1-2H3/b22-16+. The fourth-order valence-corrected chi connectivity index (χ4v) is 2.97. The number of hydrogen-bond donors (Lipinski definition) is 0. The number of Topliss-reactive ketones (excluding diaryl/α,β-unsaturated/α-hetero) is 1. The first kappa shape index (κ1) is 21.8. The van der Waals surface area contributed by atoms with Crippen LogP contribution in [0.5, 0.6) is 11.5 Å². The Labute approximate surface area is 181 Å². The molecule has 3 aromatic carbocycles. The summed E-state index contributed by atoms with van der Waals surface area (Å²) in [5, 5.41) is 0. The van der Waals surface area contributed by atoms with E-state index >= 15 is 0 Å². The number of hydrogen-bond acceptors (Lipinski definition) is 5. The lowest BCUT2D eigenvalue weighted by atomic mass is 10.0. The number of esters is 1. The van der Waals surface area contributed by atoms with E-state index in [1.807, 2.05) is 36.4 Å². The summed E-state index contributed by atoms with van der Waals surface area (Å²) in [7, 11) is 1.54. The minimum absolute atomic E-state index is 0.0481. The van der Waals surface area contributed by atoms with Crippen molar-refractivity contribution in [2.45, 2.75) is 13.5 Å². The fraction of sp³-hybridized carbons (Fsp3) is 0.154. The van der Waals surface area contributed by atoms with E-state index in [9.17, 15) is 9.59 Å². The second-order valence-electron chi connectivity index (χ2n) is 6.66. The van der Waals surface area contributed by atoms with Gasteiger partial charge in [0.05, 0.1) is 13.7 Å². The lowest BCUT2D eigenvalue weighted by molar-refractivity contribution is -0.137. The van der Waals surface area contributed by atoms with Crippen LogP contribution in [0.2, 0.25) is 0 Å². The molecule has 5 heteroatoms. The van der Waals surface area contributed by atoms with Gasteiger partial charge in [-0.1, -0.05) is 66.7 Å². The van der Waals surface area contributed by atoms with E-state index < -0.39 is 11.8 Å². The van der Waals surface area contributed by atoms with Crippen molar-refractivity contribution >= 4 is 17.8 Å². The van der Waals surface area contributed by atoms with E-state index in [2.05, 4.69) is 0 Å². The Morgan fingerprint density at radius 2 is 1.55 bits per heavy atom. The molecule has 0 aliphatic rings. The molecule has 0 unspecified atom stereocenters. The highest BCUT2D eigenvalue weighted by Crippen LogP contribution is 2.30. The summed E-state index contributed by atoms with van der Waals surface area (Å²) in [4.78, 5) is 25.4. The summed E-state index contributed by atoms with van der Waals surface area (Å²) in [5.74, 6) is -0.00207. The molecule has 0 radical (unpaired) electrons. The Balaban J connectivity index is 1.88. The van der Waals surface area contributed by atoms with E-state index in [0.29, 0.717) is 29.2 Å². The number of ketones is 1. The molecule has 0 aliphatic carbocycles. The number of benzene rings is 3. The first-order valence-electron chi connectivity index (χ1n) is 9.95. The van der Waals surface area contributed by atoms with Crippen LogP contribution >= 0.6 is 0 Å². The van der Waals surface area contributed by atoms with Crippen LogP contribution in [0.3, 0.4) is 0 Å². The normalized spacial score (nSPS) is 11.0. The molecule has 158 valence electrons. The van der Waals surface area contributed by atoms with Crippen LogP contribution < -0.4 is 9.47 Å². The molecule has 0 aromatic heterocycles. The van der Waals surface area contributed by atoms with Crippen molar-refractivity contribution in [3.63, 3.8) is 0 Å². The van der Waals surface area contributed by atoms with Crippen LogP contribution in [0.4, 0.5) is 0 Å². The molecule has 5 nitrogen and oxygen atoms in total. The predicted molar refractivity (Wildman–Crippen MR) is 119 cm³/mol. The van der Waals surface area contributed by atoms with Crippen molar-refractivity contribution in [2.75, 3.05) is 13.7 Å². The molecule has 0 fully saturated rings. The van der Waals surface area contributed by atoms with Crippen molar-refractivity contribution in [3.05, 3.63) is 101 Å². The Kier molecular flexibility index (Phi) is 7.60. The number of rotatable bonds is 9. The summed E-state index contributed by atoms with van der Waals surface area (Å²) < 4.78 is 16.4. The number of ether oxygens (including phenoxy) is 3. The summed E-state index contributed by atoms with van der Waals surface area (Å²) >= 11 is 0. The molecule has 0 amide bonds. The van der Waals surface area contributed by atoms with E-state index in [0.717, 1.165) is 5.56 Å². The highest BCUT2D eigenvalue weighted by molar-refractivity contribution is 6.26. The third-order valence-corrected chi connectivity index (χ3v) is 4.51. The van der Waals surface area contributed by atoms with Gasteiger partial charge in [-0.2, -0.15) is 0 Å². The van der Waals surface area contributed by atoms with Crippen LogP contribution in [0, 0.1) is 0 Å². The van der Waals surface area contributed by atoms with Crippen molar-refractivity contribution < 1.29 is 23.8 Å². The zero-order valence-corrected chi connectivity index (χ0v) is 17.5. The van der Waals surface area contributed by atoms with Crippen LogP contribution in [-0.2, 0) is 16.1 Å². The zero-order valence-electron chi connectivity index (χ0n) is 17.5. The Bertz CT molecular complexity index is 1060. The molecule has 0 spiro atoms. The quantitative estimate of drug-likeness (QED) is 0.160. The van der Waals surface area contributed by atoms with Crippen molar-refractivity contribution in [3.8, 4) is 11.5 Å². The molecule has 31 heavy (non-hydrogen) atoms. The Morgan fingerprint density at radius 1 is 0.871 bits per heavy atom. The van der Waals surface area contributed by atoms with E-state index in [1.165, 1.54) is 6.08 Å². The second kappa shape index (κ2) is 10.8. The van der Waals surface area contributed by atoms with E-state index in [4.69, 9.17) is 14.2 Å². The summed E-state index contributed by atoms with van der Waals surface area (Å²) in [6.45, 7) is 2.27. The van der Waals surface area contributed by atoms with E-state index in [1.54, 1.807) is 56.5 Å². The van der Waals surface area contributed by atoms with Gasteiger partial charge in [-0.05, 0) is 36.3 Å². The van der Waals surface area contributed by atoms with Crippen molar-refractivity contribution in [1.29, 1.82) is 0 Å². The molecule has 0 N–H and O–H groups in total. The SMILES string of the molecule is CCOC(=O)/C(=C/c1ccc(OCc2ccccc2)c(OC)c1)C(=O)c1ccccc1. The van der Waals surface area contributed by atoms with Crippen LogP contribution in [0.15, 0.2) is 84.4 Å². The maximum absolute atomic E-state index is 12.9. The van der Waals surface area contributed by atoms with Gasteiger partial charge < -0.3 is 14.2 Å². The highest BCUT2D eigenvalue weighted by atomic mass is 16.5. The number of carbonyl (C=O) groups excluding carboxylic acids is 2. The molecule has 0 atom stereocenters. The predicted octanol–water partition coefficient (Wildman–Crippen LogP) is 5.10. The third kappa shape index (κ3) is 5.82. The van der Waals surface area contributed by atoms with Gasteiger partial charge in [-0.15, -0.1) is 0 Å². The van der Waals surface area contributed by atoms with Gasteiger partial charge in [0, 0.05) is 5.56 Å². The average molecular weight is 416 g/mol. The monoisotopic (exact) mass is 416 g/mol. The smallest absolute Gasteiger partial charge is 0.342 e. The van der Waals surface area contributed by atoms with Gasteiger partial charge in [0.2, 0.25) is 0 Å². The van der Waals surface area contributed by atoms with Gasteiger partial charge in [0.1, 0.15) is 12.2 Å². The van der Waals surface area contributed by atoms with Gasteiger partial charge in [-0.3, -0.25) is 4.79 Å². The maximum Gasteiger partial charge on any atom is 0.342 e. The van der Waals surface area contributed by atoms with Gasteiger partial charge in [0.25, 0.3) is 0 Å². The first-order valence-corrected chi connectivity index (χ1v) is 9.95. The number of carbonyl (C=O) groups is 2. The summed E-state index contributed by atoms with van der Waals surface area (Å²) in [5.41, 5.74) is 2.02. The third-order valence-electron chi connectivity index (χ3n) is 4.51. The van der Waals surface area contributed by atoms with Crippen LogP contribution in [0.1, 0.15) is 28.4 Å². The summed E-state index contributed by atoms with van der Waals surface area (Å²) in [6, 6.07) is 23.7. The molecule has 3 rings (SSSR count). The van der Waals surface area contributed by atoms with Gasteiger partial charge in [0.15, 0.2) is 17.3 Å². The van der Waals surface area contributed by atoms with Crippen LogP contribution in [-0.4, -0.2) is 25.5 Å². The van der Waals surface area contributed by atoms with Gasteiger partial charge in [-0.25, -0.2) is 4.79 Å². The highest BCUT2D eigenvalue weighted by Gasteiger charge is 2.21. The largest absolute Gasteiger partial charge is 0.493 e. The Morgan fingerprint density at radius 3 is 2.19 bits per heavy atom. The minimum Gasteiger partial charge on any atom is -0.493 e. The second-order valence-corrected chi connectivity index (χ2v) is 6.66. The molecule has 3 aromatic rings. The first-order chi connectivity index (χ1) is 15.1. The van der Waals surface area contributed by atoms with Crippen molar-refractivity contribution in [1.82, 2.24) is 0 Å². The zero-order chi connectivity index (χ0) is 22.1. The topological polar surface area (TPSA) is 61.8 Å². The molecular formula is C26H24O5. The number of methoxy groups -OCH3 is 1. The van der Waals surface area contributed by atoms with Crippen LogP contribution in [0.25, 0.3) is 6.08 Å². The maximum atomic E-state index is 12.9.